The molecule has 0 rings (SSSR count). The maximum Gasteiger partial charge on any atom is 0.318 e. The van der Waals surface area contributed by atoms with Crippen LogP contribution in [-0.2, 0) is 4.79 Å². The molecule has 0 saturated heterocycles. The fourth-order valence-electron chi connectivity index (χ4n) is 0.155. The van der Waals surface area contributed by atoms with E-state index in [1.54, 1.807) is 0 Å². The molecule has 0 unspecified atom stereocenters. The molecule has 0 amide bonds. The van der Waals surface area contributed by atoms with E-state index in [0.29, 0.717) is 0 Å². The normalized spacial score (nSPS) is 8.71. The van der Waals surface area contributed by atoms with Crippen molar-refractivity contribution in [3.05, 3.63) is 5.75 Å². The topological polar surface area (TPSA) is 37.3 Å². The van der Waals surface area contributed by atoms with Gasteiger partial charge in [0, 0.05) is 0 Å². The summed E-state index contributed by atoms with van der Waals surface area (Å²) in [4.78, 5) is 9.68. The third kappa shape index (κ3) is 5.82. The predicted molar refractivity (Wildman–Crippen MR) is 30.1 cm³/mol. The molecule has 0 atom stereocenters. The van der Waals surface area contributed by atoms with Crippen LogP contribution in [0.2, 0.25) is 0 Å². The second-order valence-corrected chi connectivity index (χ2v) is 2.06. The van der Waals surface area contributed by atoms with Gasteiger partial charge in [-0.05, 0) is 5.75 Å². The summed E-state index contributed by atoms with van der Waals surface area (Å²) in [7, 11) is 0. The molecular weight excluding hydrogens is 112 g/mol. The molecule has 0 aromatic carbocycles. The molecule has 0 bridgehead atoms. The number of carboxylic acid groups (broad SMARTS) is 1. The van der Waals surface area contributed by atoms with Crippen LogP contribution in [0.5, 0.6) is 0 Å². The Hall–Kier alpha value is -0.180. The van der Waals surface area contributed by atoms with Crippen molar-refractivity contribution >= 4 is 17.7 Å². The minimum absolute atomic E-state index is 0.826. The molecule has 3 heteroatoms. The van der Waals surface area contributed by atoms with Crippen molar-refractivity contribution in [2.24, 2.45) is 0 Å². The molecule has 7 heavy (non-hydrogen) atoms. The summed E-state index contributed by atoms with van der Waals surface area (Å²) in [5.74, 6) is 1.15. The number of hydrogen-bond donors (Lipinski definition) is 1. The number of thioether (sulfide) groups is 1. The van der Waals surface area contributed by atoms with Crippen molar-refractivity contribution < 1.29 is 9.90 Å². The largest absolute Gasteiger partial charge is 0.480 e. The summed E-state index contributed by atoms with van der Waals surface area (Å²) in [5, 5.41) is 7.97. The van der Waals surface area contributed by atoms with Crippen LogP contribution in [0.4, 0.5) is 0 Å². The maximum absolute atomic E-state index is 9.68. The zero-order chi connectivity index (χ0) is 5.70. The zero-order valence-corrected chi connectivity index (χ0v) is 4.86. The average Bonchev–Trinajstić information content (AvgIpc) is 1.61. The molecule has 0 spiro atoms. The van der Waals surface area contributed by atoms with Crippen LogP contribution < -0.4 is 0 Å². The molecule has 0 aliphatic rings. The Bertz CT molecular complexity index is 62.7. The van der Waals surface area contributed by atoms with Crippen LogP contribution in [0, 0.1) is 5.75 Å². The third-order valence-electron chi connectivity index (χ3n) is 0.351. The van der Waals surface area contributed by atoms with Gasteiger partial charge in [-0.3, -0.25) is 4.79 Å². The van der Waals surface area contributed by atoms with Gasteiger partial charge in [0.15, 0.2) is 0 Å². The van der Waals surface area contributed by atoms with E-state index in [4.69, 9.17) is 5.11 Å². The average molecular weight is 119 g/mol. The Balaban J connectivity index is 2.82. The van der Waals surface area contributed by atoms with Crippen molar-refractivity contribution in [2.75, 3.05) is 5.75 Å². The van der Waals surface area contributed by atoms with Crippen molar-refractivity contribution in [2.45, 2.75) is 6.92 Å². The standard InChI is InChI=1S/C4H7O2S/c1-2-7-3-4(5)6/h3H,2H2,1H3,(H,5,6). The number of rotatable bonds is 3. The molecule has 2 nitrogen and oxygen atoms in total. The van der Waals surface area contributed by atoms with Gasteiger partial charge in [0.25, 0.3) is 0 Å². The van der Waals surface area contributed by atoms with E-state index in [0.717, 1.165) is 5.75 Å². The SMILES string of the molecule is CCS[CH]C(=O)O. The minimum atomic E-state index is -0.855. The summed E-state index contributed by atoms with van der Waals surface area (Å²) < 4.78 is 0. The first-order chi connectivity index (χ1) is 3.27. The lowest BCUT2D eigenvalue weighted by Crippen LogP contribution is -1.90. The maximum atomic E-state index is 9.68. The van der Waals surface area contributed by atoms with Gasteiger partial charge in [0.1, 0.15) is 5.75 Å². The van der Waals surface area contributed by atoms with E-state index in [-0.39, 0.29) is 0 Å². The van der Waals surface area contributed by atoms with Crippen LogP contribution >= 0.6 is 11.8 Å². The molecule has 0 aliphatic heterocycles. The second kappa shape index (κ2) is 3.99. The van der Waals surface area contributed by atoms with Gasteiger partial charge in [-0.1, -0.05) is 6.92 Å². The Morgan fingerprint density at radius 2 is 2.57 bits per heavy atom. The van der Waals surface area contributed by atoms with Gasteiger partial charge in [-0.2, -0.15) is 0 Å². The van der Waals surface area contributed by atoms with Crippen LogP contribution in [0.25, 0.3) is 0 Å². The summed E-state index contributed by atoms with van der Waals surface area (Å²) in [6, 6.07) is 0. The zero-order valence-electron chi connectivity index (χ0n) is 4.05. The summed E-state index contributed by atoms with van der Waals surface area (Å²) >= 11 is 1.29. The minimum Gasteiger partial charge on any atom is -0.480 e. The first kappa shape index (κ1) is 6.82. The van der Waals surface area contributed by atoms with Gasteiger partial charge in [-0.15, -0.1) is 11.8 Å². The first-order valence-electron chi connectivity index (χ1n) is 1.95. The third-order valence-corrected chi connectivity index (χ3v) is 1.05. The van der Waals surface area contributed by atoms with E-state index in [1.807, 2.05) is 6.92 Å². The van der Waals surface area contributed by atoms with Gasteiger partial charge in [0.2, 0.25) is 0 Å². The van der Waals surface area contributed by atoms with Crippen LogP contribution in [0.3, 0.4) is 0 Å². The second-order valence-electron chi connectivity index (χ2n) is 0.911. The van der Waals surface area contributed by atoms with E-state index >= 15 is 0 Å². The molecule has 1 N–H and O–H groups in total. The summed E-state index contributed by atoms with van der Waals surface area (Å²) in [6.07, 6.45) is 0. The van der Waals surface area contributed by atoms with E-state index in [1.165, 1.54) is 17.5 Å². The molecule has 0 heterocycles. The van der Waals surface area contributed by atoms with Crippen molar-refractivity contribution in [1.82, 2.24) is 0 Å². The van der Waals surface area contributed by atoms with E-state index in [9.17, 15) is 4.79 Å². The van der Waals surface area contributed by atoms with Crippen LogP contribution in [0.15, 0.2) is 0 Å². The molecule has 0 aromatic rings. The molecule has 0 aliphatic carbocycles. The number of aliphatic carboxylic acids is 1. The summed E-state index contributed by atoms with van der Waals surface area (Å²) in [5.41, 5.74) is 0. The Morgan fingerprint density at radius 3 is 2.71 bits per heavy atom. The smallest absolute Gasteiger partial charge is 0.318 e. The highest BCUT2D eigenvalue weighted by atomic mass is 32.2. The number of carbonyl (C=O) groups is 1. The van der Waals surface area contributed by atoms with Crippen molar-refractivity contribution in [3.8, 4) is 0 Å². The highest BCUT2D eigenvalue weighted by Crippen LogP contribution is 2.01. The lowest BCUT2D eigenvalue weighted by atomic mass is 10.8. The highest BCUT2D eigenvalue weighted by Gasteiger charge is 1.92. The van der Waals surface area contributed by atoms with E-state index < -0.39 is 5.97 Å². The first-order valence-corrected chi connectivity index (χ1v) is 3.00. The van der Waals surface area contributed by atoms with Crippen molar-refractivity contribution in [1.29, 1.82) is 0 Å². The lowest BCUT2D eigenvalue weighted by molar-refractivity contribution is -0.132. The van der Waals surface area contributed by atoms with E-state index in [2.05, 4.69) is 0 Å². The Morgan fingerprint density at radius 1 is 2.00 bits per heavy atom. The Labute approximate surface area is 46.9 Å². The molecular formula is C4H7O2S. The fraction of sp³-hybridized carbons (Fsp3) is 0.500. The molecule has 0 aromatic heterocycles. The van der Waals surface area contributed by atoms with Gasteiger partial charge in [-0.25, -0.2) is 0 Å². The lowest BCUT2D eigenvalue weighted by Gasteiger charge is -1.85. The summed E-state index contributed by atoms with van der Waals surface area (Å²) in [6.45, 7) is 1.91. The quantitative estimate of drug-likeness (QED) is 0.601. The fourth-order valence-corrected chi connectivity index (χ4v) is 0.464. The van der Waals surface area contributed by atoms with Crippen LogP contribution in [0.1, 0.15) is 6.92 Å². The van der Waals surface area contributed by atoms with Gasteiger partial charge in [0.05, 0.1) is 0 Å². The molecule has 1 radical (unpaired) electrons. The van der Waals surface area contributed by atoms with Gasteiger partial charge >= 0.3 is 5.97 Å². The number of carboxylic acids is 1. The Kier molecular flexibility index (Phi) is 3.89. The molecule has 41 valence electrons. The van der Waals surface area contributed by atoms with Crippen molar-refractivity contribution in [3.63, 3.8) is 0 Å². The van der Waals surface area contributed by atoms with Gasteiger partial charge < -0.3 is 5.11 Å². The monoisotopic (exact) mass is 119 g/mol. The predicted octanol–water partition coefficient (Wildman–Crippen LogP) is 0.986. The molecule has 0 saturated carbocycles. The number of hydrogen-bond acceptors (Lipinski definition) is 2. The van der Waals surface area contributed by atoms with Crippen LogP contribution in [-0.4, -0.2) is 16.8 Å². The molecule has 0 fully saturated rings. The highest BCUT2D eigenvalue weighted by molar-refractivity contribution is 8.01.